The van der Waals surface area contributed by atoms with Gasteiger partial charge < -0.3 is 5.32 Å². The van der Waals surface area contributed by atoms with Crippen molar-refractivity contribution in [1.29, 1.82) is 0 Å². The fourth-order valence-corrected chi connectivity index (χ4v) is 2.52. The van der Waals surface area contributed by atoms with E-state index in [-0.39, 0.29) is 0 Å². The van der Waals surface area contributed by atoms with E-state index in [4.69, 9.17) is 0 Å². The van der Waals surface area contributed by atoms with Crippen LogP contribution < -0.4 is 5.32 Å². The second kappa shape index (κ2) is 4.34. The molecule has 0 bridgehead atoms. The van der Waals surface area contributed by atoms with E-state index in [1.807, 2.05) is 0 Å². The Balaban J connectivity index is 2.01. The average Bonchev–Trinajstić information content (AvgIpc) is 2.80. The van der Waals surface area contributed by atoms with E-state index in [0.717, 1.165) is 31.6 Å². The van der Waals surface area contributed by atoms with Crippen molar-refractivity contribution in [3.63, 3.8) is 0 Å². The van der Waals surface area contributed by atoms with Crippen molar-refractivity contribution in [3.8, 4) is 11.3 Å². The molecule has 0 aliphatic heterocycles. The molecule has 0 amide bonds. The molecule has 2 N–H and O–H groups in total. The quantitative estimate of drug-likeness (QED) is 0.844. The highest BCUT2D eigenvalue weighted by molar-refractivity contribution is 5.70. The van der Waals surface area contributed by atoms with Gasteiger partial charge in [0.2, 0.25) is 0 Å². The summed E-state index contributed by atoms with van der Waals surface area (Å²) in [6.07, 6.45) is 2.23. The standard InChI is InChI=1S/C14H17N3/c1-2-15-9-13-12-8-7-10-5-3-4-6-11(10)14(12)17-16-13/h3-6,15H,2,7-9H2,1H3,(H,16,17). The monoisotopic (exact) mass is 227 g/mol. The zero-order valence-electron chi connectivity index (χ0n) is 10.1. The Morgan fingerprint density at radius 3 is 3.06 bits per heavy atom. The number of aromatic amines is 1. The van der Waals surface area contributed by atoms with E-state index >= 15 is 0 Å². The van der Waals surface area contributed by atoms with Gasteiger partial charge in [-0.25, -0.2) is 0 Å². The molecule has 1 aliphatic rings. The van der Waals surface area contributed by atoms with E-state index in [0.29, 0.717) is 0 Å². The first kappa shape index (κ1) is 10.5. The Labute approximate surface area is 101 Å². The molecule has 3 nitrogen and oxygen atoms in total. The molecule has 0 atom stereocenters. The maximum absolute atomic E-state index is 4.49. The van der Waals surface area contributed by atoms with Gasteiger partial charge in [0.15, 0.2) is 0 Å². The molecule has 88 valence electrons. The van der Waals surface area contributed by atoms with Gasteiger partial charge in [0.05, 0.1) is 11.4 Å². The third-order valence-corrected chi connectivity index (χ3v) is 3.42. The molecule has 1 aliphatic carbocycles. The van der Waals surface area contributed by atoms with Crippen molar-refractivity contribution in [2.45, 2.75) is 26.3 Å². The zero-order valence-corrected chi connectivity index (χ0v) is 10.1. The summed E-state index contributed by atoms with van der Waals surface area (Å²) in [5.41, 5.74) is 6.51. The van der Waals surface area contributed by atoms with Gasteiger partial charge in [-0.1, -0.05) is 31.2 Å². The van der Waals surface area contributed by atoms with Crippen LogP contribution in [-0.4, -0.2) is 16.7 Å². The summed E-state index contributed by atoms with van der Waals surface area (Å²) in [5.74, 6) is 0. The first-order valence-corrected chi connectivity index (χ1v) is 6.25. The molecule has 17 heavy (non-hydrogen) atoms. The van der Waals surface area contributed by atoms with Gasteiger partial charge in [0, 0.05) is 17.7 Å². The van der Waals surface area contributed by atoms with Gasteiger partial charge in [-0.15, -0.1) is 0 Å². The van der Waals surface area contributed by atoms with Crippen molar-refractivity contribution < 1.29 is 0 Å². The number of rotatable bonds is 3. The molecule has 1 aromatic heterocycles. The molecular formula is C14H17N3. The largest absolute Gasteiger partial charge is 0.311 e. The number of nitrogens with one attached hydrogen (secondary N) is 2. The van der Waals surface area contributed by atoms with Crippen LogP contribution in [0.25, 0.3) is 11.3 Å². The highest BCUT2D eigenvalue weighted by atomic mass is 15.1. The summed E-state index contributed by atoms with van der Waals surface area (Å²) in [6.45, 7) is 4.00. The van der Waals surface area contributed by atoms with Crippen molar-refractivity contribution in [2.24, 2.45) is 0 Å². The minimum atomic E-state index is 0.890. The number of benzene rings is 1. The highest BCUT2D eigenvalue weighted by Gasteiger charge is 2.20. The smallest absolute Gasteiger partial charge is 0.0958 e. The van der Waals surface area contributed by atoms with E-state index < -0.39 is 0 Å². The van der Waals surface area contributed by atoms with Crippen LogP contribution in [0.2, 0.25) is 0 Å². The first-order valence-electron chi connectivity index (χ1n) is 6.25. The summed E-state index contributed by atoms with van der Waals surface area (Å²) in [5, 5.41) is 11.0. The number of fused-ring (bicyclic) bond motifs is 3. The molecule has 0 fully saturated rings. The van der Waals surface area contributed by atoms with Gasteiger partial charge in [0.25, 0.3) is 0 Å². The fourth-order valence-electron chi connectivity index (χ4n) is 2.52. The minimum Gasteiger partial charge on any atom is -0.311 e. The number of nitrogens with zero attached hydrogens (tertiary/aromatic N) is 1. The maximum atomic E-state index is 4.49. The highest BCUT2D eigenvalue weighted by Crippen LogP contribution is 2.33. The summed E-state index contributed by atoms with van der Waals surface area (Å²) in [7, 11) is 0. The van der Waals surface area contributed by atoms with E-state index in [9.17, 15) is 0 Å². The van der Waals surface area contributed by atoms with Crippen LogP contribution >= 0.6 is 0 Å². The summed E-state index contributed by atoms with van der Waals surface area (Å²) < 4.78 is 0. The van der Waals surface area contributed by atoms with Crippen molar-refractivity contribution in [2.75, 3.05) is 6.54 Å². The average molecular weight is 227 g/mol. The molecular weight excluding hydrogens is 210 g/mol. The fraction of sp³-hybridized carbons (Fsp3) is 0.357. The lowest BCUT2D eigenvalue weighted by atomic mass is 9.89. The SMILES string of the molecule is CCNCc1[nH]nc2c1CCc1ccccc1-2. The molecule has 0 saturated carbocycles. The second-order valence-electron chi connectivity index (χ2n) is 4.47. The molecule has 1 heterocycles. The molecule has 0 saturated heterocycles. The summed E-state index contributed by atoms with van der Waals surface area (Å²) in [4.78, 5) is 0. The Bertz CT molecular complexity index is 528. The van der Waals surface area contributed by atoms with Crippen LogP contribution in [0.15, 0.2) is 24.3 Å². The van der Waals surface area contributed by atoms with Gasteiger partial charge in [-0.3, -0.25) is 5.10 Å². The molecule has 2 aromatic rings. The van der Waals surface area contributed by atoms with Crippen LogP contribution in [0.4, 0.5) is 0 Å². The number of aromatic nitrogens is 2. The molecule has 1 aromatic carbocycles. The van der Waals surface area contributed by atoms with E-state index in [1.165, 1.54) is 22.4 Å². The van der Waals surface area contributed by atoms with Crippen LogP contribution in [0.3, 0.4) is 0 Å². The predicted molar refractivity (Wildman–Crippen MR) is 68.8 cm³/mol. The Morgan fingerprint density at radius 1 is 1.29 bits per heavy atom. The molecule has 0 unspecified atom stereocenters. The lowest BCUT2D eigenvalue weighted by Gasteiger charge is -2.15. The zero-order chi connectivity index (χ0) is 11.7. The van der Waals surface area contributed by atoms with Crippen LogP contribution in [0, 0.1) is 0 Å². The van der Waals surface area contributed by atoms with Crippen LogP contribution in [-0.2, 0) is 19.4 Å². The summed E-state index contributed by atoms with van der Waals surface area (Å²) >= 11 is 0. The van der Waals surface area contributed by atoms with Crippen LogP contribution in [0.5, 0.6) is 0 Å². The van der Waals surface area contributed by atoms with Crippen molar-refractivity contribution >= 4 is 0 Å². The third kappa shape index (κ3) is 1.76. The second-order valence-corrected chi connectivity index (χ2v) is 4.47. The Kier molecular flexibility index (Phi) is 2.69. The number of hydrogen-bond donors (Lipinski definition) is 2. The number of H-pyrrole nitrogens is 1. The normalized spacial score (nSPS) is 13.2. The van der Waals surface area contributed by atoms with Gasteiger partial charge >= 0.3 is 0 Å². The van der Waals surface area contributed by atoms with Crippen molar-refractivity contribution in [1.82, 2.24) is 15.5 Å². The molecule has 0 spiro atoms. The predicted octanol–water partition coefficient (Wildman–Crippen LogP) is 2.28. The maximum Gasteiger partial charge on any atom is 0.0958 e. The third-order valence-electron chi connectivity index (χ3n) is 3.42. The lowest BCUT2D eigenvalue weighted by molar-refractivity contribution is 0.700. The van der Waals surface area contributed by atoms with E-state index in [2.05, 4.69) is 46.7 Å². The molecule has 0 radical (unpaired) electrons. The Hall–Kier alpha value is -1.61. The molecule has 3 heteroatoms. The lowest BCUT2D eigenvalue weighted by Crippen LogP contribution is -2.14. The first-order chi connectivity index (χ1) is 8.40. The van der Waals surface area contributed by atoms with Gasteiger partial charge in [-0.05, 0) is 24.9 Å². The van der Waals surface area contributed by atoms with Gasteiger partial charge in [-0.2, -0.15) is 5.10 Å². The summed E-state index contributed by atoms with van der Waals surface area (Å²) in [6, 6.07) is 8.57. The van der Waals surface area contributed by atoms with E-state index in [1.54, 1.807) is 0 Å². The minimum absolute atomic E-state index is 0.890. The number of aryl methyl sites for hydroxylation is 1. The van der Waals surface area contributed by atoms with Crippen LogP contribution in [0.1, 0.15) is 23.7 Å². The van der Waals surface area contributed by atoms with Gasteiger partial charge in [0.1, 0.15) is 0 Å². The Morgan fingerprint density at radius 2 is 2.18 bits per heavy atom. The molecule has 3 rings (SSSR count). The topological polar surface area (TPSA) is 40.7 Å². The van der Waals surface area contributed by atoms with Crippen molar-refractivity contribution in [3.05, 3.63) is 41.1 Å². The number of hydrogen-bond acceptors (Lipinski definition) is 2.